The summed E-state index contributed by atoms with van der Waals surface area (Å²) in [6.07, 6.45) is 0.918. The Morgan fingerprint density at radius 1 is 1.04 bits per heavy atom. The molecule has 0 aromatic heterocycles. The zero-order valence-corrected chi connectivity index (χ0v) is 14.5. The first kappa shape index (κ1) is 17.1. The number of ether oxygens (including phenoxy) is 3. The number of hydrogen-bond acceptors (Lipinski definition) is 4. The highest BCUT2D eigenvalue weighted by Crippen LogP contribution is 2.44. The number of hydrogen-bond donors (Lipinski definition) is 1. The standard InChI is InChI=1S/C20H23NO4/c1-3-24-18-10-6-7-11-19(18)25-13-20(22)21-16-12-15(16)14-8-4-5-9-17(14)23-2/h4-11,15-16H,3,12-13H2,1-2H3,(H,21,22)/t15-,16+/m0/s1. The number of rotatable bonds is 8. The SMILES string of the molecule is CCOc1ccccc1OCC(=O)N[C@@H]1C[C@H]1c1ccccc1OC. The van der Waals surface area contributed by atoms with Gasteiger partial charge in [0.1, 0.15) is 5.75 Å². The van der Waals surface area contributed by atoms with Crippen LogP contribution in [0.2, 0.25) is 0 Å². The molecule has 1 N–H and O–H groups in total. The van der Waals surface area contributed by atoms with Gasteiger partial charge in [0, 0.05) is 12.0 Å². The maximum Gasteiger partial charge on any atom is 0.258 e. The van der Waals surface area contributed by atoms with Gasteiger partial charge in [-0.1, -0.05) is 30.3 Å². The molecule has 1 aliphatic carbocycles. The van der Waals surface area contributed by atoms with Crippen LogP contribution in [0, 0.1) is 0 Å². The maximum absolute atomic E-state index is 12.2. The minimum Gasteiger partial charge on any atom is -0.496 e. The second kappa shape index (κ2) is 7.92. The Balaban J connectivity index is 1.51. The fourth-order valence-corrected chi connectivity index (χ4v) is 2.91. The minimum absolute atomic E-state index is 0.0285. The molecule has 1 amide bonds. The summed E-state index contributed by atoms with van der Waals surface area (Å²) < 4.78 is 16.5. The van der Waals surface area contributed by atoms with Crippen LogP contribution >= 0.6 is 0 Å². The summed E-state index contributed by atoms with van der Waals surface area (Å²) in [6.45, 7) is 2.43. The predicted molar refractivity (Wildman–Crippen MR) is 95.4 cm³/mol. The fraction of sp³-hybridized carbons (Fsp3) is 0.350. The van der Waals surface area contributed by atoms with Crippen molar-refractivity contribution in [3.8, 4) is 17.2 Å². The largest absolute Gasteiger partial charge is 0.496 e. The summed E-state index contributed by atoms with van der Waals surface area (Å²) >= 11 is 0. The number of methoxy groups -OCH3 is 1. The summed E-state index contributed by atoms with van der Waals surface area (Å²) in [5.74, 6) is 2.27. The lowest BCUT2D eigenvalue weighted by Gasteiger charge is -2.12. The molecule has 132 valence electrons. The van der Waals surface area contributed by atoms with E-state index in [2.05, 4.69) is 5.32 Å². The van der Waals surface area contributed by atoms with E-state index in [-0.39, 0.29) is 18.6 Å². The third-order valence-corrected chi connectivity index (χ3v) is 4.18. The molecule has 3 rings (SSSR count). The van der Waals surface area contributed by atoms with Crippen molar-refractivity contribution >= 4 is 5.91 Å². The van der Waals surface area contributed by atoms with Gasteiger partial charge >= 0.3 is 0 Å². The normalized spacial score (nSPS) is 18.3. The Labute approximate surface area is 147 Å². The molecule has 0 spiro atoms. The van der Waals surface area contributed by atoms with Gasteiger partial charge in [-0.05, 0) is 37.1 Å². The molecule has 0 heterocycles. The summed E-state index contributed by atoms with van der Waals surface area (Å²) in [5.41, 5.74) is 1.14. The van der Waals surface area contributed by atoms with Crippen molar-refractivity contribution in [3.05, 3.63) is 54.1 Å². The molecule has 1 aliphatic rings. The molecule has 2 atom stereocenters. The number of carbonyl (C=O) groups is 1. The van der Waals surface area contributed by atoms with Gasteiger partial charge in [0.25, 0.3) is 5.91 Å². The lowest BCUT2D eigenvalue weighted by atomic mass is 10.1. The van der Waals surface area contributed by atoms with Crippen LogP contribution in [0.3, 0.4) is 0 Å². The lowest BCUT2D eigenvalue weighted by molar-refractivity contribution is -0.123. The lowest BCUT2D eigenvalue weighted by Crippen LogP contribution is -2.31. The Bertz CT molecular complexity index is 731. The highest BCUT2D eigenvalue weighted by Gasteiger charge is 2.41. The molecule has 0 radical (unpaired) electrons. The van der Waals surface area contributed by atoms with Crippen molar-refractivity contribution < 1.29 is 19.0 Å². The first-order valence-corrected chi connectivity index (χ1v) is 8.49. The molecule has 0 saturated heterocycles. The quantitative estimate of drug-likeness (QED) is 0.801. The molecule has 5 heteroatoms. The van der Waals surface area contributed by atoms with Gasteiger partial charge in [-0.25, -0.2) is 0 Å². The minimum atomic E-state index is -0.131. The summed E-state index contributed by atoms with van der Waals surface area (Å²) in [7, 11) is 1.67. The maximum atomic E-state index is 12.2. The highest BCUT2D eigenvalue weighted by molar-refractivity contribution is 5.78. The Hall–Kier alpha value is -2.69. The van der Waals surface area contributed by atoms with Gasteiger partial charge in [-0.15, -0.1) is 0 Å². The second-order valence-corrected chi connectivity index (χ2v) is 5.93. The molecule has 0 bridgehead atoms. The van der Waals surface area contributed by atoms with Crippen molar-refractivity contribution in [3.63, 3.8) is 0 Å². The van der Waals surface area contributed by atoms with E-state index in [4.69, 9.17) is 14.2 Å². The van der Waals surface area contributed by atoms with Crippen LogP contribution in [0.25, 0.3) is 0 Å². The van der Waals surface area contributed by atoms with Crippen molar-refractivity contribution in [2.45, 2.75) is 25.3 Å². The van der Waals surface area contributed by atoms with Crippen LogP contribution in [-0.4, -0.2) is 32.3 Å². The van der Waals surface area contributed by atoms with Crippen LogP contribution in [0.15, 0.2) is 48.5 Å². The van der Waals surface area contributed by atoms with E-state index in [9.17, 15) is 4.79 Å². The van der Waals surface area contributed by atoms with Crippen molar-refractivity contribution in [2.75, 3.05) is 20.3 Å². The van der Waals surface area contributed by atoms with Crippen LogP contribution in [-0.2, 0) is 4.79 Å². The molecule has 1 saturated carbocycles. The monoisotopic (exact) mass is 341 g/mol. The Morgan fingerprint density at radius 3 is 2.36 bits per heavy atom. The Morgan fingerprint density at radius 2 is 1.68 bits per heavy atom. The number of carbonyl (C=O) groups excluding carboxylic acids is 1. The molecule has 2 aromatic carbocycles. The van der Waals surface area contributed by atoms with Gasteiger partial charge in [0.15, 0.2) is 18.1 Å². The van der Waals surface area contributed by atoms with E-state index in [1.807, 2.05) is 49.4 Å². The first-order chi connectivity index (χ1) is 12.2. The smallest absolute Gasteiger partial charge is 0.258 e. The van der Waals surface area contributed by atoms with Gasteiger partial charge in [-0.2, -0.15) is 0 Å². The van der Waals surface area contributed by atoms with E-state index in [0.717, 1.165) is 17.7 Å². The van der Waals surface area contributed by atoms with Crippen LogP contribution in [0.1, 0.15) is 24.8 Å². The van der Waals surface area contributed by atoms with Gasteiger partial charge in [0.2, 0.25) is 0 Å². The molecule has 1 fully saturated rings. The fourth-order valence-electron chi connectivity index (χ4n) is 2.91. The highest BCUT2D eigenvalue weighted by atomic mass is 16.5. The average Bonchev–Trinajstić information content (AvgIpc) is 3.40. The molecule has 25 heavy (non-hydrogen) atoms. The molecule has 5 nitrogen and oxygen atoms in total. The van der Waals surface area contributed by atoms with E-state index < -0.39 is 0 Å². The summed E-state index contributed by atoms with van der Waals surface area (Å²) in [5, 5.41) is 3.02. The second-order valence-electron chi connectivity index (χ2n) is 5.93. The number of para-hydroxylation sites is 3. The molecule has 0 aliphatic heterocycles. The van der Waals surface area contributed by atoms with E-state index >= 15 is 0 Å². The number of amides is 1. The molecule has 2 aromatic rings. The zero-order chi connectivity index (χ0) is 17.6. The summed E-state index contributed by atoms with van der Waals surface area (Å²) in [6, 6.07) is 15.4. The van der Waals surface area contributed by atoms with E-state index in [0.29, 0.717) is 24.0 Å². The zero-order valence-electron chi connectivity index (χ0n) is 14.5. The summed E-state index contributed by atoms with van der Waals surface area (Å²) in [4.78, 5) is 12.2. The van der Waals surface area contributed by atoms with Gasteiger partial charge in [-0.3, -0.25) is 4.79 Å². The molecule has 0 unspecified atom stereocenters. The van der Waals surface area contributed by atoms with Crippen molar-refractivity contribution in [1.29, 1.82) is 0 Å². The Kier molecular flexibility index (Phi) is 5.43. The third kappa shape index (κ3) is 4.24. The molecular weight excluding hydrogens is 318 g/mol. The third-order valence-electron chi connectivity index (χ3n) is 4.18. The topological polar surface area (TPSA) is 56.8 Å². The van der Waals surface area contributed by atoms with Crippen LogP contribution in [0.5, 0.6) is 17.2 Å². The predicted octanol–water partition coefficient (Wildman–Crippen LogP) is 3.15. The average molecular weight is 341 g/mol. The van der Waals surface area contributed by atoms with Crippen molar-refractivity contribution in [2.24, 2.45) is 0 Å². The van der Waals surface area contributed by atoms with Crippen LogP contribution in [0.4, 0.5) is 0 Å². The first-order valence-electron chi connectivity index (χ1n) is 8.49. The number of benzene rings is 2. The van der Waals surface area contributed by atoms with Gasteiger partial charge in [0.05, 0.1) is 13.7 Å². The number of nitrogens with one attached hydrogen (secondary N) is 1. The van der Waals surface area contributed by atoms with Crippen molar-refractivity contribution in [1.82, 2.24) is 5.32 Å². The van der Waals surface area contributed by atoms with Crippen LogP contribution < -0.4 is 19.5 Å². The van der Waals surface area contributed by atoms with Gasteiger partial charge < -0.3 is 19.5 Å². The molecular formula is C20H23NO4. The van der Waals surface area contributed by atoms with E-state index in [1.54, 1.807) is 13.2 Å². The van der Waals surface area contributed by atoms with E-state index in [1.165, 1.54) is 0 Å².